The van der Waals surface area contributed by atoms with Gasteiger partial charge >= 0.3 is 0 Å². The molecular weight excluding hydrogens is 340 g/mol. The Morgan fingerprint density at radius 1 is 1.04 bits per heavy atom. The topological polar surface area (TPSA) is 50.8 Å². The van der Waals surface area contributed by atoms with Crippen LogP contribution in [0.3, 0.4) is 0 Å². The first-order valence-corrected chi connectivity index (χ1v) is 9.71. The number of carbonyl (C=O) groups excluding carboxylic acids is 1. The van der Waals surface area contributed by atoms with Crippen LogP contribution in [0.15, 0.2) is 42.5 Å². The van der Waals surface area contributed by atoms with Crippen molar-refractivity contribution >= 4 is 5.91 Å². The molecule has 1 amide bonds. The first kappa shape index (κ1) is 17.9. The molecule has 5 nitrogen and oxygen atoms in total. The molecule has 0 spiro atoms. The van der Waals surface area contributed by atoms with Crippen molar-refractivity contribution in [2.75, 3.05) is 26.3 Å². The van der Waals surface area contributed by atoms with Gasteiger partial charge in [0.05, 0.1) is 6.04 Å². The SMILES string of the molecule is C[C@@H](NC(=O)c1ccc(CN2CCCC2)cc1)c1ccc2c(c1)OCCO2. The van der Waals surface area contributed by atoms with Crippen LogP contribution in [-0.2, 0) is 6.54 Å². The van der Waals surface area contributed by atoms with Gasteiger partial charge in [-0.2, -0.15) is 0 Å². The minimum atomic E-state index is -0.113. The van der Waals surface area contributed by atoms with Crippen LogP contribution < -0.4 is 14.8 Å². The number of hydrogen-bond acceptors (Lipinski definition) is 4. The molecule has 2 aromatic carbocycles. The van der Waals surface area contributed by atoms with E-state index in [1.54, 1.807) is 0 Å². The molecule has 2 heterocycles. The number of fused-ring (bicyclic) bond motifs is 1. The van der Waals surface area contributed by atoms with Crippen molar-refractivity contribution in [3.63, 3.8) is 0 Å². The minimum Gasteiger partial charge on any atom is -0.486 e. The third-order valence-corrected chi connectivity index (χ3v) is 5.23. The number of nitrogens with zero attached hydrogens (tertiary/aromatic N) is 1. The second-order valence-electron chi connectivity index (χ2n) is 7.28. The van der Waals surface area contributed by atoms with Crippen LogP contribution in [0, 0.1) is 0 Å². The summed E-state index contributed by atoms with van der Waals surface area (Å²) in [5.74, 6) is 1.44. The molecule has 0 radical (unpaired) electrons. The van der Waals surface area contributed by atoms with E-state index in [0.717, 1.165) is 23.6 Å². The molecule has 2 aliphatic heterocycles. The van der Waals surface area contributed by atoms with Crippen LogP contribution in [0.2, 0.25) is 0 Å². The van der Waals surface area contributed by atoms with E-state index < -0.39 is 0 Å². The maximum absolute atomic E-state index is 12.6. The van der Waals surface area contributed by atoms with E-state index >= 15 is 0 Å². The summed E-state index contributed by atoms with van der Waals surface area (Å²) in [7, 11) is 0. The molecule has 142 valence electrons. The van der Waals surface area contributed by atoms with Gasteiger partial charge in [-0.15, -0.1) is 0 Å². The van der Waals surface area contributed by atoms with Crippen molar-refractivity contribution in [2.24, 2.45) is 0 Å². The summed E-state index contributed by atoms with van der Waals surface area (Å²) in [5, 5.41) is 3.07. The fourth-order valence-electron chi connectivity index (χ4n) is 3.65. The molecule has 0 aliphatic carbocycles. The predicted molar refractivity (Wildman–Crippen MR) is 104 cm³/mol. The lowest BCUT2D eigenvalue weighted by molar-refractivity contribution is 0.0939. The van der Waals surface area contributed by atoms with E-state index in [0.29, 0.717) is 18.8 Å². The smallest absolute Gasteiger partial charge is 0.251 e. The zero-order valence-corrected chi connectivity index (χ0v) is 15.7. The van der Waals surface area contributed by atoms with Crippen molar-refractivity contribution in [2.45, 2.75) is 32.4 Å². The van der Waals surface area contributed by atoms with Crippen LogP contribution in [0.1, 0.15) is 47.3 Å². The lowest BCUT2D eigenvalue weighted by Crippen LogP contribution is -2.27. The summed E-state index contributed by atoms with van der Waals surface area (Å²) in [6.45, 7) is 6.43. The van der Waals surface area contributed by atoms with Crippen molar-refractivity contribution in [3.05, 3.63) is 59.2 Å². The predicted octanol–water partition coefficient (Wildman–Crippen LogP) is 3.54. The molecule has 5 heteroatoms. The maximum atomic E-state index is 12.6. The molecule has 2 aromatic rings. The lowest BCUT2D eigenvalue weighted by atomic mass is 10.1. The summed E-state index contributed by atoms with van der Waals surface area (Å²) in [5.41, 5.74) is 2.94. The second-order valence-corrected chi connectivity index (χ2v) is 7.28. The first-order valence-electron chi connectivity index (χ1n) is 9.71. The van der Waals surface area contributed by atoms with Crippen LogP contribution >= 0.6 is 0 Å². The Kier molecular flexibility index (Phi) is 5.30. The van der Waals surface area contributed by atoms with Crippen LogP contribution in [0.25, 0.3) is 0 Å². The Labute approximate surface area is 160 Å². The summed E-state index contributed by atoms with van der Waals surface area (Å²) in [6, 6.07) is 13.6. The van der Waals surface area contributed by atoms with E-state index in [9.17, 15) is 4.79 Å². The lowest BCUT2D eigenvalue weighted by Gasteiger charge is -2.21. The number of carbonyl (C=O) groups is 1. The molecule has 2 aliphatic rings. The van der Waals surface area contributed by atoms with E-state index in [-0.39, 0.29) is 11.9 Å². The maximum Gasteiger partial charge on any atom is 0.251 e. The van der Waals surface area contributed by atoms with Gasteiger partial charge in [-0.1, -0.05) is 18.2 Å². The highest BCUT2D eigenvalue weighted by Gasteiger charge is 2.17. The number of nitrogens with one attached hydrogen (secondary N) is 1. The number of benzene rings is 2. The number of hydrogen-bond donors (Lipinski definition) is 1. The van der Waals surface area contributed by atoms with E-state index in [1.165, 1.54) is 31.5 Å². The Bertz CT molecular complexity index is 798. The molecule has 27 heavy (non-hydrogen) atoms. The van der Waals surface area contributed by atoms with Gasteiger partial charge in [0.25, 0.3) is 5.91 Å². The zero-order valence-electron chi connectivity index (χ0n) is 15.7. The second kappa shape index (κ2) is 8.01. The quantitative estimate of drug-likeness (QED) is 0.879. The van der Waals surface area contributed by atoms with Crippen LogP contribution in [0.5, 0.6) is 11.5 Å². The molecule has 0 bridgehead atoms. The fourth-order valence-corrected chi connectivity index (χ4v) is 3.65. The molecule has 1 saturated heterocycles. The van der Waals surface area contributed by atoms with Crippen molar-refractivity contribution in [1.82, 2.24) is 10.2 Å². The molecule has 1 fully saturated rings. The summed E-state index contributed by atoms with van der Waals surface area (Å²) >= 11 is 0. The summed E-state index contributed by atoms with van der Waals surface area (Å²) in [4.78, 5) is 15.1. The van der Waals surface area contributed by atoms with Gasteiger partial charge < -0.3 is 14.8 Å². The van der Waals surface area contributed by atoms with Gasteiger partial charge in [0.2, 0.25) is 0 Å². The Hall–Kier alpha value is -2.53. The monoisotopic (exact) mass is 366 g/mol. The van der Waals surface area contributed by atoms with Crippen LogP contribution in [0.4, 0.5) is 0 Å². The third-order valence-electron chi connectivity index (χ3n) is 5.23. The van der Waals surface area contributed by atoms with Gasteiger partial charge in [0.15, 0.2) is 11.5 Å². The summed E-state index contributed by atoms with van der Waals surface area (Å²) < 4.78 is 11.2. The zero-order chi connectivity index (χ0) is 18.6. The minimum absolute atomic E-state index is 0.0647. The van der Waals surface area contributed by atoms with Crippen molar-refractivity contribution in [1.29, 1.82) is 0 Å². The Morgan fingerprint density at radius 3 is 2.48 bits per heavy atom. The first-order chi connectivity index (χ1) is 13.2. The van der Waals surface area contributed by atoms with E-state index in [1.807, 2.05) is 37.3 Å². The summed E-state index contributed by atoms with van der Waals surface area (Å²) in [6.07, 6.45) is 2.58. The Morgan fingerprint density at radius 2 is 1.74 bits per heavy atom. The Balaban J connectivity index is 1.37. The highest BCUT2D eigenvalue weighted by molar-refractivity contribution is 5.94. The fraction of sp³-hybridized carbons (Fsp3) is 0.409. The van der Waals surface area contributed by atoms with Crippen molar-refractivity contribution in [3.8, 4) is 11.5 Å². The molecule has 0 unspecified atom stereocenters. The molecule has 1 atom stereocenters. The molecule has 0 saturated carbocycles. The van der Waals surface area contributed by atoms with E-state index in [2.05, 4.69) is 22.3 Å². The number of likely N-dealkylation sites (tertiary alicyclic amines) is 1. The average molecular weight is 366 g/mol. The van der Waals surface area contributed by atoms with Gasteiger partial charge in [-0.25, -0.2) is 0 Å². The molecule has 4 rings (SSSR count). The van der Waals surface area contributed by atoms with Gasteiger partial charge in [0.1, 0.15) is 13.2 Å². The van der Waals surface area contributed by atoms with Gasteiger partial charge in [0, 0.05) is 12.1 Å². The third kappa shape index (κ3) is 4.25. The van der Waals surface area contributed by atoms with E-state index in [4.69, 9.17) is 9.47 Å². The number of amides is 1. The molecule has 0 aromatic heterocycles. The van der Waals surface area contributed by atoms with Crippen molar-refractivity contribution < 1.29 is 14.3 Å². The normalized spacial score (nSPS) is 17.5. The molecular formula is C22H26N2O3. The highest BCUT2D eigenvalue weighted by Crippen LogP contribution is 2.32. The van der Waals surface area contributed by atoms with Gasteiger partial charge in [-0.3, -0.25) is 9.69 Å². The standard InChI is InChI=1S/C22H26N2O3/c1-16(19-8-9-20-21(14-19)27-13-12-26-20)23-22(25)18-6-4-17(5-7-18)15-24-10-2-3-11-24/h4-9,14,16H,2-3,10-13,15H2,1H3,(H,23,25)/t16-/m1/s1. The number of ether oxygens (including phenoxy) is 2. The van der Waals surface area contributed by atoms with Gasteiger partial charge in [-0.05, 0) is 68.2 Å². The largest absolute Gasteiger partial charge is 0.486 e. The highest BCUT2D eigenvalue weighted by atomic mass is 16.6. The molecule has 1 N–H and O–H groups in total. The number of rotatable bonds is 5. The van der Waals surface area contributed by atoms with Crippen LogP contribution in [-0.4, -0.2) is 37.1 Å². The average Bonchev–Trinajstić information content (AvgIpc) is 3.21.